The molecule has 3 nitrogen and oxygen atoms in total. The zero-order valence-corrected chi connectivity index (χ0v) is 10.1. The van der Waals surface area contributed by atoms with E-state index in [2.05, 4.69) is 11.9 Å². The van der Waals surface area contributed by atoms with Crippen LogP contribution >= 0.6 is 0 Å². The molecule has 0 fully saturated rings. The number of carbonyl (C=O) groups excluding carboxylic acids is 1. The van der Waals surface area contributed by atoms with Gasteiger partial charge in [0, 0.05) is 25.8 Å². The topological polar surface area (TPSA) is 32.3 Å². The minimum atomic E-state index is -0.0163. The van der Waals surface area contributed by atoms with Crippen molar-refractivity contribution in [3.63, 3.8) is 0 Å². The third-order valence-corrected chi connectivity index (χ3v) is 3.16. The van der Waals surface area contributed by atoms with Gasteiger partial charge in [-0.3, -0.25) is 4.79 Å². The Balaban J connectivity index is 2.23. The highest BCUT2D eigenvalue weighted by Crippen LogP contribution is 2.32. The molecule has 1 atom stereocenters. The Labute approximate surface area is 102 Å². The highest BCUT2D eigenvalue weighted by atomic mass is 16.2. The number of hydrogen-bond acceptors (Lipinski definition) is 2. The molecule has 1 unspecified atom stereocenters. The minimum absolute atomic E-state index is 0.0163. The monoisotopic (exact) mass is 230 g/mol. The maximum absolute atomic E-state index is 12.3. The van der Waals surface area contributed by atoms with Crippen LogP contribution in [0.4, 0.5) is 5.69 Å². The zero-order valence-electron chi connectivity index (χ0n) is 10.1. The number of anilines is 1. The molecule has 0 saturated heterocycles. The smallest absolute Gasteiger partial charge is 0.230 e. The molecule has 3 heteroatoms. The molecule has 2 rings (SSSR count). The fraction of sp³-hybridized carbons (Fsp3) is 0.357. The molecule has 1 N–H and O–H groups in total. The molecular formula is C14H18N2O. The molecule has 1 aliphatic heterocycles. The van der Waals surface area contributed by atoms with Gasteiger partial charge in [-0.05, 0) is 18.1 Å². The molecule has 0 aromatic heterocycles. The minimum Gasteiger partial charge on any atom is -0.385 e. The Morgan fingerprint density at radius 2 is 2.35 bits per heavy atom. The second kappa shape index (κ2) is 5.04. The summed E-state index contributed by atoms with van der Waals surface area (Å²) in [5.74, 6) is 0.163. The lowest BCUT2D eigenvalue weighted by Gasteiger charge is -2.29. The van der Waals surface area contributed by atoms with Crippen LogP contribution in [0.25, 0.3) is 0 Å². The predicted octanol–water partition coefficient (Wildman–Crippen LogP) is 2.23. The van der Waals surface area contributed by atoms with Gasteiger partial charge in [0.25, 0.3) is 0 Å². The number of likely N-dealkylation sites (N-methyl/N-ethyl adjacent to an activating group) is 1. The van der Waals surface area contributed by atoms with Crippen LogP contribution in [0, 0.1) is 0 Å². The van der Waals surface area contributed by atoms with Crippen molar-refractivity contribution in [3.8, 4) is 0 Å². The number of nitrogens with one attached hydrogen (secondary N) is 1. The molecule has 0 bridgehead atoms. The van der Waals surface area contributed by atoms with Crippen LogP contribution < -0.4 is 5.32 Å². The van der Waals surface area contributed by atoms with E-state index in [9.17, 15) is 4.79 Å². The number of hydrogen-bond donors (Lipinski definition) is 1. The summed E-state index contributed by atoms with van der Waals surface area (Å²) in [6.07, 6.45) is 2.61. The first-order valence-corrected chi connectivity index (χ1v) is 5.92. The summed E-state index contributed by atoms with van der Waals surface area (Å²) in [5.41, 5.74) is 2.20. The summed E-state index contributed by atoms with van der Waals surface area (Å²) in [6.45, 7) is 5.12. The zero-order chi connectivity index (χ0) is 12.3. The van der Waals surface area contributed by atoms with E-state index in [1.54, 1.807) is 11.0 Å². The first-order valence-electron chi connectivity index (χ1n) is 5.92. The molecule has 0 saturated carbocycles. The summed E-state index contributed by atoms with van der Waals surface area (Å²) in [7, 11) is 1.83. The van der Waals surface area contributed by atoms with Crippen molar-refractivity contribution in [2.24, 2.45) is 0 Å². The van der Waals surface area contributed by atoms with E-state index in [0.29, 0.717) is 6.54 Å². The Morgan fingerprint density at radius 1 is 1.59 bits per heavy atom. The molecule has 1 heterocycles. The van der Waals surface area contributed by atoms with E-state index >= 15 is 0 Å². The van der Waals surface area contributed by atoms with Crippen LogP contribution in [0.5, 0.6) is 0 Å². The molecule has 0 spiro atoms. The SMILES string of the molecule is C=CCN(C)C(=O)C1CCNc2ccccc21. The van der Waals surface area contributed by atoms with E-state index in [1.807, 2.05) is 31.3 Å². The largest absolute Gasteiger partial charge is 0.385 e. The Kier molecular flexibility index (Phi) is 3.47. The van der Waals surface area contributed by atoms with E-state index < -0.39 is 0 Å². The van der Waals surface area contributed by atoms with E-state index in [-0.39, 0.29) is 11.8 Å². The quantitative estimate of drug-likeness (QED) is 0.808. The van der Waals surface area contributed by atoms with Gasteiger partial charge in [-0.1, -0.05) is 24.3 Å². The molecule has 1 aromatic rings. The van der Waals surface area contributed by atoms with Gasteiger partial charge in [0.15, 0.2) is 0 Å². The van der Waals surface area contributed by atoms with Crippen molar-refractivity contribution < 1.29 is 4.79 Å². The molecule has 17 heavy (non-hydrogen) atoms. The fourth-order valence-electron chi connectivity index (χ4n) is 2.27. The van der Waals surface area contributed by atoms with Gasteiger partial charge < -0.3 is 10.2 Å². The van der Waals surface area contributed by atoms with Crippen LogP contribution in [-0.2, 0) is 4.79 Å². The van der Waals surface area contributed by atoms with Gasteiger partial charge >= 0.3 is 0 Å². The van der Waals surface area contributed by atoms with Crippen LogP contribution in [0.2, 0.25) is 0 Å². The van der Waals surface area contributed by atoms with Crippen molar-refractivity contribution in [3.05, 3.63) is 42.5 Å². The van der Waals surface area contributed by atoms with Gasteiger partial charge in [-0.15, -0.1) is 6.58 Å². The van der Waals surface area contributed by atoms with Crippen molar-refractivity contribution in [1.29, 1.82) is 0 Å². The standard InChI is InChI=1S/C14H18N2O/c1-3-10-16(2)14(17)12-8-9-15-13-7-5-4-6-11(12)13/h3-7,12,15H,1,8-10H2,2H3. The Morgan fingerprint density at radius 3 is 3.12 bits per heavy atom. The predicted molar refractivity (Wildman–Crippen MR) is 70.1 cm³/mol. The highest BCUT2D eigenvalue weighted by molar-refractivity contribution is 5.86. The maximum atomic E-state index is 12.3. The Hall–Kier alpha value is -1.77. The van der Waals surface area contributed by atoms with Gasteiger partial charge in [0.1, 0.15) is 0 Å². The number of amides is 1. The summed E-state index contributed by atoms with van der Waals surface area (Å²) in [6, 6.07) is 8.04. The molecule has 1 amide bonds. The number of rotatable bonds is 3. The number of para-hydroxylation sites is 1. The number of carbonyl (C=O) groups is 1. The summed E-state index contributed by atoms with van der Waals surface area (Å²) >= 11 is 0. The van der Waals surface area contributed by atoms with Crippen LogP contribution in [0.3, 0.4) is 0 Å². The summed E-state index contributed by atoms with van der Waals surface area (Å²) < 4.78 is 0. The Bertz CT molecular complexity index is 428. The first-order chi connectivity index (χ1) is 8.24. The van der Waals surface area contributed by atoms with E-state index in [0.717, 1.165) is 24.2 Å². The first kappa shape index (κ1) is 11.7. The third kappa shape index (κ3) is 2.33. The maximum Gasteiger partial charge on any atom is 0.230 e. The van der Waals surface area contributed by atoms with E-state index in [4.69, 9.17) is 0 Å². The molecular weight excluding hydrogens is 212 g/mol. The van der Waals surface area contributed by atoms with Crippen molar-refractivity contribution >= 4 is 11.6 Å². The van der Waals surface area contributed by atoms with Gasteiger partial charge in [-0.2, -0.15) is 0 Å². The lowest BCUT2D eigenvalue weighted by atomic mass is 9.90. The second-order valence-corrected chi connectivity index (χ2v) is 4.36. The van der Waals surface area contributed by atoms with Crippen LogP contribution in [-0.4, -0.2) is 30.9 Å². The summed E-state index contributed by atoms with van der Waals surface area (Å²) in [5, 5.41) is 3.33. The molecule has 1 aromatic carbocycles. The lowest BCUT2D eigenvalue weighted by molar-refractivity contribution is -0.131. The molecule has 1 aliphatic rings. The van der Waals surface area contributed by atoms with Gasteiger partial charge in [0.2, 0.25) is 5.91 Å². The fourth-order valence-corrected chi connectivity index (χ4v) is 2.27. The summed E-state index contributed by atoms with van der Waals surface area (Å²) in [4.78, 5) is 14.0. The van der Waals surface area contributed by atoms with Crippen molar-refractivity contribution in [1.82, 2.24) is 4.90 Å². The second-order valence-electron chi connectivity index (χ2n) is 4.36. The lowest BCUT2D eigenvalue weighted by Crippen LogP contribution is -2.34. The average molecular weight is 230 g/mol. The van der Waals surface area contributed by atoms with Crippen LogP contribution in [0.1, 0.15) is 17.9 Å². The number of fused-ring (bicyclic) bond motifs is 1. The van der Waals surface area contributed by atoms with Crippen LogP contribution in [0.15, 0.2) is 36.9 Å². The highest BCUT2D eigenvalue weighted by Gasteiger charge is 2.27. The molecule has 0 aliphatic carbocycles. The van der Waals surface area contributed by atoms with Gasteiger partial charge in [-0.25, -0.2) is 0 Å². The van der Waals surface area contributed by atoms with Crippen molar-refractivity contribution in [2.75, 3.05) is 25.5 Å². The number of benzene rings is 1. The normalized spacial score (nSPS) is 17.8. The third-order valence-electron chi connectivity index (χ3n) is 3.16. The molecule has 0 radical (unpaired) electrons. The van der Waals surface area contributed by atoms with Crippen molar-refractivity contribution in [2.45, 2.75) is 12.3 Å². The molecule has 90 valence electrons. The average Bonchev–Trinajstić information content (AvgIpc) is 2.37. The van der Waals surface area contributed by atoms with Gasteiger partial charge in [0.05, 0.1) is 5.92 Å². The van der Waals surface area contributed by atoms with E-state index in [1.165, 1.54) is 0 Å². The number of nitrogens with zero attached hydrogens (tertiary/aromatic N) is 1.